The third-order valence-electron chi connectivity index (χ3n) is 9.20. The number of carbonyl (C=O) groups is 1. The molecule has 1 amide bonds. The zero-order valence-corrected chi connectivity index (χ0v) is 23.0. The number of nitro groups is 1. The number of carbonyl (C=O) groups excluding carboxylic acids is 1. The van der Waals surface area contributed by atoms with Crippen LogP contribution in [-0.2, 0) is 17.8 Å². The summed E-state index contributed by atoms with van der Waals surface area (Å²) in [6.07, 6.45) is 1.29. The fourth-order valence-electron chi connectivity index (χ4n) is 7.38. The quantitative estimate of drug-likeness (QED) is 0.281. The second kappa shape index (κ2) is 9.57. The van der Waals surface area contributed by atoms with Crippen LogP contribution in [0.15, 0.2) is 65.5 Å². The Bertz CT molecular complexity index is 1710. The number of amides is 1. The summed E-state index contributed by atoms with van der Waals surface area (Å²) in [6, 6.07) is 17.8. The molecule has 1 fully saturated rings. The topological polar surface area (TPSA) is 126 Å². The second-order valence-corrected chi connectivity index (χ2v) is 12.0. The van der Waals surface area contributed by atoms with Gasteiger partial charge in [0.05, 0.1) is 27.9 Å². The molecule has 2 aromatic carbocycles. The maximum atomic E-state index is 14.3. The molecule has 2 N–H and O–H groups in total. The van der Waals surface area contributed by atoms with Crippen molar-refractivity contribution in [2.24, 2.45) is 17.8 Å². The first-order chi connectivity index (χ1) is 19.8. The lowest BCUT2D eigenvalue weighted by Crippen LogP contribution is -2.61. The minimum atomic E-state index is -0.443. The number of non-ortho nitro benzene ring substituents is 1. The van der Waals surface area contributed by atoms with Gasteiger partial charge >= 0.3 is 0 Å². The number of aromatic nitrogens is 3. The molecule has 41 heavy (non-hydrogen) atoms. The number of piperidine rings is 1. The molecule has 0 aliphatic carbocycles. The van der Waals surface area contributed by atoms with Gasteiger partial charge in [-0.25, -0.2) is 4.98 Å². The average molecular weight is 553 g/mol. The van der Waals surface area contributed by atoms with Crippen molar-refractivity contribution in [3.8, 4) is 0 Å². The standard InChI is InChI=1S/C31H32N6O4/c1-17(2)28(30-32-23-6-3-4-7-24(23)33-30)34-31(39)22-14-18-13-21(37(40)41)10-11-26(18)36-15-19-12-20(29(22)36)16-35-25(19)8-5-9-27(35)38/h3-11,13,17,19-20,22,28-29H,12,14-16H2,1-2H3,(H,32,33)(H,34,39)/t19-,20-,22-,28+,29+/m1/s1. The van der Waals surface area contributed by atoms with Crippen LogP contribution in [0.2, 0.25) is 0 Å². The van der Waals surface area contributed by atoms with Crippen LogP contribution >= 0.6 is 0 Å². The van der Waals surface area contributed by atoms with E-state index < -0.39 is 5.92 Å². The highest BCUT2D eigenvalue weighted by molar-refractivity contribution is 5.83. The molecule has 2 bridgehead atoms. The van der Waals surface area contributed by atoms with Crippen molar-refractivity contribution in [3.63, 3.8) is 0 Å². The Morgan fingerprint density at radius 2 is 1.95 bits per heavy atom. The molecule has 5 atom stereocenters. The van der Waals surface area contributed by atoms with Gasteiger partial charge in [0, 0.05) is 54.6 Å². The van der Waals surface area contributed by atoms with E-state index in [-0.39, 0.29) is 51.9 Å². The number of imidazole rings is 1. The van der Waals surface area contributed by atoms with Gasteiger partial charge in [-0.1, -0.05) is 32.0 Å². The Morgan fingerprint density at radius 1 is 1.12 bits per heavy atom. The highest BCUT2D eigenvalue weighted by Gasteiger charge is 2.49. The lowest BCUT2D eigenvalue weighted by molar-refractivity contribution is -0.384. The first-order valence-electron chi connectivity index (χ1n) is 14.3. The Hall–Kier alpha value is -4.47. The number of nitro benzene ring substituents is 1. The van der Waals surface area contributed by atoms with Gasteiger partial charge in [0.2, 0.25) is 5.91 Å². The average Bonchev–Trinajstić information content (AvgIpc) is 3.39. The number of anilines is 1. The number of nitrogens with one attached hydrogen (secondary N) is 2. The van der Waals surface area contributed by atoms with Crippen molar-refractivity contribution < 1.29 is 9.72 Å². The van der Waals surface area contributed by atoms with Gasteiger partial charge in [0.1, 0.15) is 5.82 Å². The maximum Gasteiger partial charge on any atom is 0.269 e. The summed E-state index contributed by atoms with van der Waals surface area (Å²) in [5, 5.41) is 14.9. The predicted molar refractivity (Wildman–Crippen MR) is 155 cm³/mol. The van der Waals surface area contributed by atoms with Gasteiger partial charge in [-0.15, -0.1) is 0 Å². The van der Waals surface area contributed by atoms with Crippen LogP contribution in [0.3, 0.4) is 0 Å². The Kier molecular flexibility index (Phi) is 5.95. The lowest BCUT2D eigenvalue weighted by atomic mass is 9.70. The largest absolute Gasteiger partial charge is 0.366 e. The molecule has 0 radical (unpaired) electrons. The van der Waals surface area contributed by atoms with E-state index in [0.29, 0.717) is 25.3 Å². The monoisotopic (exact) mass is 552 g/mol. The SMILES string of the molecule is CC(C)[C@H](NC(=O)[C@@H]1Cc2cc([N+](=O)[O-])ccc2N2C[C@H]3C[C@H](Cn4c3cccc4=O)[C@@H]12)c1nc2ccccc2[nH]1. The molecule has 0 saturated carbocycles. The molecule has 2 aromatic heterocycles. The van der Waals surface area contributed by atoms with Crippen molar-refractivity contribution in [1.29, 1.82) is 0 Å². The molecule has 10 heteroatoms. The molecule has 5 heterocycles. The molecule has 10 nitrogen and oxygen atoms in total. The fraction of sp³-hybridized carbons (Fsp3) is 0.387. The molecule has 3 aliphatic rings. The smallest absolute Gasteiger partial charge is 0.269 e. The number of fused-ring (bicyclic) bond motifs is 9. The Balaban J connectivity index is 1.28. The highest BCUT2D eigenvalue weighted by atomic mass is 16.6. The number of pyridine rings is 1. The van der Waals surface area contributed by atoms with Crippen LogP contribution in [0, 0.1) is 27.9 Å². The number of nitrogens with zero attached hydrogens (tertiary/aromatic N) is 4. The van der Waals surface area contributed by atoms with Crippen LogP contribution in [0.25, 0.3) is 11.0 Å². The lowest BCUT2D eigenvalue weighted by Gasteiger charge is -2.54. The molecule has 3 aliphatic heterocycles. The molecule has 1 saturated heterocycles. The Labute approximate surface area is 236 Å². The minimum absolute atomic E-state index is 0.0109. The van der Waals surface area contributed by atoms with Crippen LogP contribution < -0.4 is 15.8 Å². The summed E-state index contributed by atoms with van der Waals surface area (Å²) in [4.78, 5) is 48.8. The first kappa shape index (κ1) is 25.5. The molecule has 0 unspecified atom stereocenters. The first-order valence-corrected chi connectivity index (χ1v) is 14.3. The fourth-order valence-corrected chi connectivity index (χ4v) is 7.38. The third-order valence-corrected chi connectivity index (χ3v) is 9.20. The molecule has 4 aromatic rings. The van der Waals surface area contributed by atoms with Gasteiger partial charge in [-0.2, -0.15) is 0 Å². The number of hydrogen-bond acceptors (Lipinski definition) is 6. The van der Waals surface area contributed by atoms with E-state index in [0.717, 1.165) is 34.4 Å². The van der Waals surface area contributed by atoms with Crippen LogP contribution in [0.1, 0.15) is 49.3 Å². The number of hydrogen-bond donors (Lipinski definition) is 2. The van der Waals surface area contributed by atoms with E-state index in [2.05, 4.69) is 29.0 Å². The normalized spacial score (nSPS) is 23.4. The van der Waals surface area contributed by atoms with Crippen molar-refractivity contribution >= 4 is 28.3 Å². The number of benzene rings is 2. The van der Waals surface area contributed by atoms with Gasteiger partial charge in [0.25, 0.3) is 11.2 Å². The number of aromatic amines is 1. The van der Waals surface area contributed by atoms with E-state index in [4.69, 9.17) is 4.98 Å². The van der Waals surface area contributed by atoms with Crippen LogP contribution in [0.5, 0.6) is 0 Å². The van der Waals surface area contributed by atoms with E-state index in [1.165, 1.54) is 0 Å². The number of H-pyrrole nitrogens is 1. The van der Waals surface area contributed by atoms with Gasteiger partial charge in [0.15, 0.2) is 0 Å². The van der Waals surface area contributed by atoms with Crippen LogP contribution in [-0.4, -0.2) is 38.0 Å². The Morgan fingerprint density at radius 3 is 2.73 bits per heavy atom. The van der Waals surface area contributed by atoms with Crippen molar-refractivity contribution in [1.82, 2.24) is 19.9 Å². The highest BCUT2D eigenvalue weighted by Crippen LogP contribution is 2.48. The van der Waals surface area contributed by atoms with E-state index in [1.54, 1.807) is 18.2 Å². The molecule has 210 valence electrons. The van der Waals surface area contributed by atoms with Gasteiger partial charge < -0.3 is 19.8 Å². The molecule has 7 rings (SSSR count). The van der Waals surface area contributed by atoms with Gasteiger partial charge in [-0.05, 0) is 54.5 Å². The molecular formula is C31H32N6O4. The minimum Gasteiger partial charge on any atom is -0.366 e. The maximum absolute atomic E-state index is 14.3. The summed E-state index contributed by atoms with van der Waals surface area (Å²) in [7, 11) is 0. The van der Waals surface area contributed by atoms with E-state index in [1.807, 2.05) is 47.0 Å². The van der Waals surface area contributed by atoms with E-state index in [9.17, 15) is 19.7 Å². The summed E-state index contributed by atoms with van der Waals surface area (Å²) in [5.74, 6) is 0.471. The second-order valence-electron chi connectivity index (χ2n) is 12.0. The zero-order chi connectivity index (χ0) is 28.4. The molecule has 0 spiro atoms. The van der Waals surface area contributed by atoms with Crippen molar-refractivity contribution in [3.05, 3.63) is 98.2 Å². The molecular weight excluding hydrogens is 520 g/mol. The number of para-hydroxylation sites is 2. The summed E-state index contributed by atoms with van der Waals surface area (Å²) >= 11 is 0. The number of rotatable bonds is 5. The van der Waals surface area contributed by atoms with Crippen LogP contribution in [0.4, 0.5) is 11.4 Å². The summed E-state index contributed by atoms with van der Waals surface area (Å²) in [6.45, 7) is 5.31. The summed E-state index contributed by atoms with van der Waals surface area (Å²) in [5.41, 5.74) is 4.55. The van der Waals surface area contributed by atoms with Crippen molar-refractivity contribution in [2.45, 2.75) is 51.2 Å². The third kappa shape index (κ3) is 4.20. The zero-order valence-electron chi connectivity index (χ0n) is 23.0. The van der Waals surface area contributed by atoms with E-state index >= 15 is 0 Å². The van der Waals surface area contributed by atoms with Gasteiger partial charge in [-0.3, -0.25) is 19.7 Å². The van der Waals surface area contributed by atoms with Crippen molar-refractivity contribution in [2.75, 3.05) is 11.4 Å². The summed E-state index contributed by atoms with van der Waals surface area (Å²) < 4.78 is 1.88. The predicted octanol–water partition coefficient (Wildman–Crippen LogP) is 4.31.